The average Bonchev–Trinajstić information content (AvgIpc) is 2.75. The zero-order valence-corrected chi connectivity index (χ0v) is 16.0. The number of benzene rings is 1. The van der Waals surface area contributed by atoms with Crippen molar-refractivity contribution in [2.24, 2.45) is 11.8 Å². The number of ketones is 2. The molecule has 0 bridgehead atoms. The van der Waals surface area contributed by atoms with Gasteiger partial charge in [0.1, 0.15) is 5.82 Å². The zero-order chi connectivity index (χ0) is 20.2. The lowest BCUT2D eigenvalue weighted by Gasteiger charge is -2.23. The molecule has 0 radical (unpaired) electrons. The van der Waals surface area contributed by atoms with Crippen LogP contribution in [0, 0.1) is 17.7 Å². The van der Waals surface area contributed by atoms with E-state index in [4.69, 9.17) is 0 Å². The number of rotatable bonds is 7. The Bertz CT molecular complexity index is 821. The highest BCUT2D eigenvalue weighted by atomic mass is 32.2. The molecule has 9 heteroatoms. The highest BCUT2D eigenvalue weighted by Gasteiger charge is 2.34. The molecule has 1 aliphatic rings. The van der Waals surface area contributed by atoms with Crippen LogP contribution in [-0.2, 0) is 24.4 Å². The molecule has 1 heterocycles. The topological polar surface area (TPSA) is 109 Å². The number of carbonyl (C=O) groups excluding carboxylic acids is 3. The Morgan fingerprint density at radius 2 is 1.89 bits per heavy atom. The van der Waals surface area contributed by atoms with Crippen LogP contribution >= 0.6 is 0 Å². The predicted molar refractivity (Wildman–Crippen MR) is 95.7 cm³/mol. The van der Waals surface area contributed by atoms with Gasteiger partial charge < -0.3 is 5.32 Å². The van der Waals surface area contributed by atoms with Gasteiger partial charge in [0, 0.05) is 18.9 Å². The molecule has 2 rings (SSSR count). The zero-order valence-electron chi connectivity index (χ0n) is 15.2. The molecule has 1 amide bonds. The second kappa shape index (κ2) is 8.71. The Kier molecular flexibility index (Phi) is 6.83. The Labute approximate surface area is 157 Å². The highest BCUT2D eigenvalue weighted by molar-refractivity contribution is 7.89. The summed E-state index contributed by atoms with van der Waals surface area (Å²) < 4.78 is 40.4. The van der Waals surface area contributed by atoms with Gasteiger partial charge in [0.25, 0.3) is 5.91 Å². The van der Waals surface area contributed by atoms with E-state index in [1.54, 1.807) is 13.8 Å². The standard InChI is InChI=1S/C18H23FN2O5S/c1-11(2)16(21-27(25,26)14-7-5-13(19)6-8-14)15(22)10-12-4-3-9-20-18(24)17(12)23/h5-8,11-12,16,21H,3-4,9-10H2,1-2H3,(H,20,24)/t12?,16-/m0/s1. The van der Waals surface area contributed by atoms with Crippen molar-refractivity contribution in [2.45, 2.75) is 44.0 Å². The molecular weight excluding hydrogens is 375 g/mol. The maximum Gasteiger partial charge on any atom is 0.287 e. The first-order valence-electron chi connectivity index (χ1n) is 8.74. The summed E-state index contributed by atoms with van der Waals surface area (Å²) in [6.45, 7) is 3.73. The molecule has 1 fully saturated rings. The van der Waals surface area contributed by atoms with E-state index in [0.717, 1.165) is 24.3 Å². The summed E-state index contributed by atoms with van der Waals surface area (Å²) >= 11 is 0. The van der Waals surface area contributed by atoms with E-state index in [0.29, 0.717) is 19.4 Å². The first-order chi connectivity index (χ1) is 12.6. The molecule has 1 saturated heterocycles. The van der Waals surface area contributed by atoms with Crippen molar-refractivity contribution >= 4 is 27.5 Å². The van der Waals surface area contributed by atoms with E-state index in [-0.39, 0.29) is 17.2 Å². The summed E-state index contributed by atoms with van der Waals surface area (Å²) in [6, 6.07) is 3.20. The smallest absolute Gasteiger partial charge is 0.287 e. The number of sulfonamides is 1. The van der Waals surface area contributed by atoms with Crippen LogP contribution in [0.25, 0.3) is 0 Å². The minimum Gasteiger partial charge on any atom is -0.349 e. The quantitative estimate of drug-likeness (QED) is 0.671. The molecule has 1 unspecified atom stereocenters. The van der Waals surface area contributed by atoms with Gasteiger partial charge in [0.2, 0.25) is 15.8 Å². The minimum absolute atomic E-state index is 0.160. The van der Waals surface area contributed by atoms with Crippen molar-refractivity contribution in [3.05, 3.63) is 30.1 Å². The molecule has 1 aliphatic heterocycles. The van der Waals surface area contributed by atoms with Crippen LogP contribution in [0.3, 0.4) is 0 Å². The number of Topliss-reactive ketones (excluding diaryl/α,β-unsaturated/α-hetero) is 2. The van der Waals surface area contributed by atoms with Gasteiger partial charge >= 0.3 is 0 Å². The second-order valence-corrected chi connectivity index (χ2v) is 8.64. The first kappa shape index (κ1) is 21.2. The summed E-state index contributed by atoms with van der Waals surface area (Å²) in [5, 5.41) is 2.47. The lowest BCUT2D eigenvalue weighted by atomic mass is 9.88. The van der Waals surface area contributed by atoms with Gasteiger partial charge in [-0.25, -0.2) is 17.5 Å². The van der Waals surface area contributed by atoms with E-state index in [1.807, 2.05) is 0 Å². The SMILES string of the molecule is CC(C)[C@H](NS(=O)(=O)c1ccc(F)cc1)C(=O)CC1CCCNC(=O)C1=O. The predicted octanol–water partition coefficient (Wildman–Crippen LogP) is 1.18. The first-order valence-corrected chi connectivity index (χ1v) is 10.2. The summed E-state index contributed by atoms with van der Waals surface area (Å²) in [5.41, 5.74) is 0. The Balaban J connectivity index is 2.16. The number of nitrogens with one attached hydrogen (secondary N) is 2. The molecular formula is C18H23FN2O5S. The Morgan fingerprint density at radius 1 is 1.26 bits per heavy atom. The van der Waals surface area contributed by atoms with Gasteiger partial charge in [0.15, 0.2) is 5.78 Å². The second-order valence-electron chi connectivity index (χ2n) is 6.93. The van der Waals surface area contributed by atoms with E-state index < -0.39 is 45.3 Å². The fraction of sp³-hybridized carbons (Fsp3) is 0.500. The lowest BCUT2D eigenvalue weighted by molar-refractivity contribution is -0.140. The number of halogens is 1. The summed E-state index contributed by atoms with van der Waals surface area (Å²) in [4.78, 5) is 36.3. The largest absolute Gasteiger partial charge is 0.349 e. The van der Waals surface area contributed by atoms with Crippen molar-refractivity contribution in [1.29, 1.82) is 0 Å². The van der Waals surface area contributed by atoms with E-state index in [2.05, 4.69) is 10.0 Å². The summed E-state index contributed by atoms with van der Waals surface area (Å²) in [6.07, 6.45) is 0.753. The van der Waals surface area contributed by atoms with Crippen LogP contribution in [0.2, 0.25) is 0 Å². The maximum atomic E-state index is 13.0. The molecule has 7 nitrogen and oxygen atoms in total. The fourth-order valence-electron chi connectivity index (χ4n) is 2.94. The van der Waals surface area contributed by atoms with Crippen molar-refractivity contribution in [1.82, 2.24) is 10.0 Å². The van der Waals surface area contributed by atoms with Gasteiger partial charge in [-0.05, 0) is 43.0 Å². The van der Waals surface area contributed by atoms with Crippen LogP contribution in [-0.4, -0.2) is 38.5 Å². The van der Waals surface area contributed by atoms with Crippen molar-refractivity contribution < 1.29 is 27.2 Å². The number of hydrogen-bond acceptors (Lipinski definition) is 5. The average molecular weight is 398 g/mol. The number of carbonyl (C=O) groups is 3. The molecule has 2 N–H and O–H groups in total. The molecule has 148 valence electrons. The Morgan fingerprint density at radius 3 is 2.48 bits per heavy atom. The fourth-order valence-corrected chi connectivity index (χ4v) is 4.31. The van der Waals surface area contributed by atoms with Crippen molar-refractivity contribution in [3.63, 3.8) is 0 Å². The van der Waals surface area contributed by atoms with Gasteiger partial charge in [-0.15, -0.1) is 0 Å². The molecule has 0 aliphatic carbocycles. The maximum absolute atomic E-state index is 13.0. The third kappa shape index (κ3) is 5.43. The van der Waals surface area contributed by atoms with Gasteiger partial charge in [-0.3, -0.25) is 14.4 Å². The summed E-state index contributed by atoms with van der Waals surface area (Å²) in [7, 11) is -4.04. The highest BCUT2D eigenvalue weighted by Crippen LogP contribution is 2.20. The molecule has 0 saturated carbocycles. The molecule has 27 heavy (non-hydrogen) atoms. The molecule has 1 aromatic rings. The van der Waals surface area contributed by atoms with E-state index >= 15 is 0 Å². The Hall–Kier alpha value is -2.13. The lowest BCUT2D eigenvalue weighted by Crippen LogP contribution is -2.45. The van der Waals surface area contributed by atoms with Crippen molar-refractivity contribution in [3.8, 4) is 0 Å². The van der Waals surface area contributed by atoms with Gasteiger partial charge in [-0.2, -0.15) is 0 Å². The molecule has 2 atom stereocenters. The molecule has 0 spiro atoms. The van der Waals surface area contributed by atoms with Crippen LogP contribution in [0.4, 0.5) is 4.39 Å². The normalized spacial score (nSPS) is 19.5. The van der Waals surface area contributed by atoms with E-state index in [9.17, 15) is 27.2 Å². The van der Waals surface area contributed by atoms with Crippen LogP contribution in [0.15, 0.2) is 29.2 Å². The molecule has 1 aromatic carbocycles. The van der Waals surface area contributed by atoms with Gasteiger partial charge in [0.05, 0.1) is 10.9 Å². The van der Waals surface area contributed by atoms with Crippen LogP contribution < -0.4 is 10.0 Å². The third-order valence-corrected chi connectivity index (χ3v) is 5.93. The number of hydrogen-bond donors (Lipinski definition) is 2. The van der Waals surface area contributed by atoms with Crippen LogP contribution in [0.5, 0.6) is 0 Å². The third-order valence-electron chi connectivity index (χ3n) is 4.48. The minimum atomic E-state index is -4.04. The molecule has 0 aromatic heterocycles. The van der Waals surface area contributed by atoms with Gasteiger partial charge in [-0.1, -0.05) is 13.8 Å². The summed E-state index contributed by atoms with van der Waals surface area (Å²) in [5.74, 6) is -3.51. The monoisotopic (exact) mass is 398 g/mol. The van der Waals surface area contributed by atoms with Crippen LogP contribution in [0.1, 0.15) is 33.1 Å². The number of amides is 1. The van der Waals surface area contributed by atoms with E-state index in [1.165, 1.54) is 0 Å². The van der Waals surface area contributed by atoms with Crippen molar-refractivity contribution in [2.75, 3.05) is 6.54 Å².